The van der Waals surface area contributed by atoms with Crippen LogP contribution in [0.5, 0.6) is 0 Å². The van der Waals surface area contributed by atoms with Gasteiger partial charge in [0.15, 0.2) is 0 Å². The molecule has 0 N–H and O–H groups in total. The Hall–Kier alpha value is -11.6. The van der Waals surface area contributed by atoms with Crippen LogP contribution in [0.15, 0.2) is 297 Å². The van der Waals surface area contributed by atoms with Gasteiger partial charge in [0.05, 0.1) is 78.5 Å². The molecule has 0 radical (unpaired) electrons. The van der Waals surface area contributed by atoms with Crippen molar-refractivity contribution in [2.45, 2.75) is 38.9 Å². The maximum absolute atomic E-state index is 6.28. The first-order valence-corrected chi connectivity index (χ1v) is 32.3. The molecule has 18 rings (SSSR count). The Balaban J connectivity index is 0.000000154. The molecule has 0 unspecified atom stereocenters. The Kier molecular flexibility index (Phi) is 14.0. The smallest absolute Gasteiger partial charge is 0.399 e. The van der Waals surface area contributed by atoms with Gasteiger partial charge in [0.25, 0.3) is 0 Å². The summed E-state index contributed by atoms with van der Waals surface area (Å²) in [6, 6.07) is 104. The highest BCUT2D eigenvalue weighted by Gasteiger charge is 2.51. The topological polar surface area (TPSA) is 95.8 Å². The van der Waals surface area contributed by atoms with Crippen LogP contribution in [-0.2, 0) is 9.31 Å². The third kappa shape index (κ3) is 10.4. The quantitative estimate of drug-likeness (QED) is 0.110. The van der Waals surface area contributed by atoms with E-state index in [1.807, 2.05) is 48.5 Å². The molecule has 450 valence electrons. The summed E-state index contributed by atoms with van der Waals surface area (Å²) in [5.41, 5.74) is 20.3. The lowest BCUT2D eigenvalue weighted by Gasteiger charge is -2.32. The Morgan fingerprint density at radius 3 is 1.09 bits per heavy atom. The van der Waals surface area contributed by atoms with Crippen molar-refractivity contribution in [3.8, 4) is 78.7 Å². The van der Waals surface area contributed by atoms with Crippen molar-refractivity contribution in [3.05, 3.63) is 297 Å². The summed E-state index contributed by atoms with van der Waals surface area (Å²) in [6.07, 6.45) is 0. The molecule has 7 heterocycles. The molecule has 6 aromatic heterocycles. The highest BCUT2D eigenvalue weighted by atomic mass is 16.7. The van der Waals surface area contributed by atoms with Crippen LogP contribution < -0.4 is 5.46 Å². The molecule has 0 aliphatic carbocycles. The summed E-state index contributed by atoms with van der Waals surface area (Å²) in [4.78, 5) is 31.0. The van der Waals surface area contributed by atoms with E-state index < -0.39 is 7.12 Å². The summed E-state index contributed by atoms with van der Waals surface area (Å²) in [5, 5.41) is 11.2. The van der Waals surface area contributed by atoms with E-state index in [1.165, 1.54) is 10.8 Å². The summed E-state index contributed by atoms with van der Waals surface area (Å²) >= 11 is 0. The predicted octanol–water partition coefficient (Wildman–Crippen LogP) is 20.9. The van der Waals surface area contributed by atoms with Crippen molar-refractivity contribution in [2.75, 3.05) is 0 Å². The van der Waals surface area contributed by atoms with E-state index >= 15 is 0 Å². The Labute approximate surface area is 550 Å². The molecule has 0 spiro atoms. The fourth-order valence-corrected chi connectivity index (χ4v) is 13.4. The molecule has 0 amide bonds. The summed E-state index contributed by atoms with van der Waals surface area (Å²) in [6.45, 7) is 8.31. The van der Waals surface area contributed by atoms with Gasteiger partial charge in [-0.1, -0.05) is 231 Å². The monoisotopic (exact) mass is 1220 g/mol. The van der Waals surface area contributed by atoms with Crippen LogP contribution >= 0.6 is 0 Å². The molecule has 11 aromatic carbocycles. The van der Waals surface area contributed by atoms with Gasteiger partial charge in [-0.15, -0.1) is 0 Å². The molecule has 1 fully saturated rings. The molecule has 1 aliphatic heterocycles. The van der Waals surface area contributed by atoms with Crippen LogP contribution in [0.2, 0.25) is 0 Å². The minimum absolute atomic E-state index is 0.378. The molecule has 9 heteroatoms. The summed E-state index contributed by atoms with van der Waals surface area (Å²) in [5.74, 6) is 0. The second-order valence-electron chi connectivity index (χ2n) is 25.5. The lowest BCUT2D eigenvalue weighted by Crippen LogP contribution is -2.41. The van der Waals surface area contributed by atoms with Gasteiger partial charge >= 0.3 is 7.12 Å². The number of hydrogen-bond acceptors (Lipinski definition) is 8. The van der Waals surface area contributed by atoms with E-state index in [2.05, 4.69) is 276 Å². The number of aromatic nitrogens is 6. The van der Waals surface area contributed by atoms with Crippen molar-refractivity contribution in [1.82, 2.24) is 29.9 Å². The molecule has 0 atom stereocenters. The Morgan fingerprint density at radius 1 is 0.253 bits per heavy atom. The molecule has 1 saturated heterocycles. The van der Waals surface area contributed by atoms with Gasteiger partial charge in [0, 0.05) is 76.5 Å². The number of rotatable bonds is 8. The average Bonchev–Trinajstić information content (AvgIpc) is 1.37. The second-order valence-corrected chi connectivity index (χ2v) is 25.5. The predicted molar refractivity (Wildman–Crippen MR) is 393 cm³/mol. The molecule has 95 heavy (non-hydrogen) atoms. The van der Waals surface area contributed by atoms with Crippen LogP contribution in [0.1, 0.15) is 27.7 Å². The van der Waals surface area contributed by atoms with Crippen molar-refractivity contribution in [1.29, 1.82) is 0 Å². The number of benzene rings is 11. The maximum atomic E-state index is 6.28. The van der Waals surface area contributed by atoms with Crippen molar-refractivity contribution in [2.24, 2.45) is 0 Å². The average molecular weight is 1220 g/mol. The van der Waals surface area contributed by atoms with E-state index in [0.717, 1.165) is 160 Å². The van der Waals surface area contributed by atoms with E-state index in [4.69, 9.17) is 39.2 Å². The number of pyridine rings is 6. The molecule has 1 aliphatic rings. The minimum atomic E-state index is -0.396. The molecule has 0 bridgehead atoms. The fourth-order valence-electron chi connectivity index (χ4n) is 13.4. The van der Waals surface area contributed by atoms with Crippen molar-refractivity contribution in [3.63, 3.8) is 0 Å². The minimum Gasteiger partial charge on any atom is -0.399 e. The van der Waals surface area contributed by atoms with Crippen LogP contribution in [0.25, 0.3) is 166 Å². The summed E-state index contributed by atoms with van der Waals surface area (Å²) in [7, 11) is -0.396. The van der Waals surface area contributed by atoms with Gasteiger partial charge in [-0.05, 0) is 122 Å². The largest absolute Gasteiger partial charge is 0.494 e. The normalized spacial score (nSPS) is 13.5. The first-order valence-electron chi connectivity index (χ1n) is 32.3. The lowest BCUT2D eigenvalue weighted by atomic mass is 9.78. The first kappa shape index (κ1) is 57.3. The maximum Gasteiger partial charge on any atom is 0.494 e. The second kappa shape index (κ2) is 23.2. The van der Waals surface area contributed by atoms with Gasteiger partial charge in [-0.3, -0.25) is 0 Å². The zero-order valence-corrected chi connectivity index (χ0v) is 52.9. The molecule has 17 aromatic rings. The number of hydrogen-bond donors (Lipinski definition) is 0. The van der Waals surface area contributed by atoms with Gasteiger partial charge in [0.2, 0.25) is 0 Å². The van der Waals surface area contributed by atoms with Crippen LogP contribution in [0.4, 0.5) is 0 Å². The van der Waals surface area contributed by atoms with Crippen molar-refractivity contribution >= 4 is 99.5 Å². The number of nitrogens with zero attached hydrogens (tertiary/aromatic N) is 6. The van der Waals surface area contributed by atoms with E-state index in [9.17, 15) is 0 Å². The zero-order chi connectivity index (χ0) is 63.8. The van der Waals surface area contributed by atoms with Gasteiger partial charge in [-0.25, -0.2) is 29.9 Å². The summed E-state index contributed by atoms with van der Waals surface area (Å²) < 4.78 is 12.6. The molecular weight excluding hydrogens is 1160 g/mol. The zero-order valence-electron chi connectivity index (χ0n) is 52.9. The number of fused-ring (bicyclic) bond motifs is 13. The molecule has 8 nitrogen and oxygen atoms in total. The Morgan fingerprint density at radius 2 is 0.611 bits per heavy atom. The van der Waals surface area contributed by atoms with Gasteiger partial charge in [0.1, 0.15) is 0 Å². The van der Waals surface area contributed by atoms with Crippen LogP contribution in [0.3, 0.4) is 0 Å². The SMILES string of the molecule is CC1(C)OB(c2ccc(-c3nc4ccccc4c4ccc5nc(-c6ccccc6)ccc5c34)cc2)OC1(C)C.c1ccc(-c2ccc3c(ccc4c5ccccc5nc(-c5ccc(-c6cccc(-c7ccc8ccc9ccc(-c%10ccccc%10)nc9c8n7)c6)cc5)c34)n2)cc1. The fraction of sp³-hybridized carbons (Fsp3) is 0.0698. The van der Waals surface area contributed by atoms with E-state index in [0.29, 0.717) is 0 Å². The highest BCUT2D eigenvalue weighted by Crippen LogP contribution is 2.42. The third-order valence-corrected chi connectivity index (χ3v) is 19.2. The van der Waals surface area contributed by atoms with Gasteiger partial charge in [-0.2, -0.15) is 0 Å². The van der Waals surface area contributed by atoms with E-state index in [1.54, 1.807) is 0 Å². The lowest BCUT2D eigenvalue weighted by molar-refractivity contribution is 0.00578. The molecular formula is C86H61BN6O2. The van der Waals surface area contributed by atoms with Gasteiger partial charge < -0.3 is 9.31 Å². The number of para-hydroxylation sites is 2. The molecule has 0 saturated carbocycles. The standard InChI is InChI=1S/C52H32N4.C34H29BN2O2/c1-3-10-34(11-4-1)44-30-27-43-48(53-44)31-26-42-41-16-7-8-17-47(41)56-50(49(42)43)36-20-18-33(19-21-36)39-14-9-15-40(32-39)46-29-25-38-23-22-37-24-28-45(35-12-5-2-6-13-35)54-51(37)52(38)55-46;1-33(2)34(3,4)39-35(38-33)24-16-14-23(15-17-24)32-31-26(25-12-8-9-13-29(25)37-32)18-21-30-27(31)19-20-28(36-30)22-10-6-5-7-11-22/h1-32H;5-21H,1-4H3. The first-order chi connectivity index (χ1) is 46.5. The van der Waals surface area contributed by atoms with Crippen LogP contribution in [-0.4, -0.2) is 48.2 Å². The van der Waals surface area contributed by atoms with E-state index in [-0.39, 0.29) is 11.2 Å². The van der Waals surface area contributed by atoms with Crippen LogP contribution in [0, 0.1) is 0 Å². The Bertz CT molecular complexity index is 5830. The van der Waals surface area contributed by atoms with Crippen molar-refractivity contribution < 1.29 is 9.31 Å². The highest BCUT2D eigenvalue weighted by molar-refractivity contribution is 6.62. The third-order valence-electron chi connectivity index (χ3n) is 19.2.